The first-order valence-electron chi connectivity index (χ1n) is 6.69. The first-order valence-corrected chi connectivity index (χ1v) is 6.69. The van der Waals surface area contributed by atoms with Crippen LogP contribution >= 0.6 is 0 Å². The summed E-state index contributed by atoms with van der Waals surface area (Å²) in [5.41, 5.74) is -0.559. The number of rotatable bonds is 3. The van der Waals surface area contributed by atoms with Crippen LogP contribution in [0.15, 0.2) is 12.1 Å². The first-order chi connectivity index (χ1) is 9.02. The monoisotopic (exact) mass is 270 g/mol. The Bertz CT molecular complexity index is 454. The summed E-state index contributed by atoms with van der Waals surface area (Å²) in [6, 6.07) is 2.94. The van der Waals surface area contributed by atoms with Gasteiger partial charge >= 0.3 is 0 Å². The second-order valence-electron chi connectivity index (χ2n) is 5.33. The fourth-order valence-electron chi connectivity index (χ4n) is 2.89. The number of ether oxygens (including phenoxy) is 1. The zero-order valence-corrected chi connectivity index (χ0v) is 11.4. The van der Waals surface area contributed by atoms with Crippen molar-refractivity contribution in [3.05, 3.63) is 34.9 Å². The Kier molecular flexibility index (Phi) is 4.21. The molecule has 0 radical (unpaired) electrons. The van der Waals surface area contributed by atoms with Crippen LogP contribution in [-0.2, 0) is 4.74 Å². The molecule has 1 unspecified atom stereocenters. The van der Waals surface area contributed by atoms with Gasteiger partial charge < -0.3 is 9.84 Å². The van der Waals surface area contributed by atoms with Gasteiger partial charge in [-0.3, -0.25) is 0 Å². The lowest BCUT2D eigenvalue weighted by Gasteiger charge is -2.40. The van der Waals surface area contributed by atoms with E-state index in [1.807, 2.05) is 0 Å². The number of methoxy groups -OCH3 is 1. The van der Waals surface area contributed by atoms with Gasteiger partial charge in [-0.2, -0.15) is 0 Å². The maximum absolute atomic E-state index is 14.0. The molecule has 1 atom stereocenters. The van der Waals surface area contributed by atoms with Crippen molar-refractivity contribution in [2.24, 2.45) is 0 Å². The molecule has 1 saturated carbocycles. The van der Waals surface area contributed by atoms with Crippen molar-refractivity contribution in [1.29, 1.82) is 0 Å². The highest BCUT2D eigenvalue weighted by molar-refractivity contribution is 5.29. The second-order valence-corrected chi connectivity index (χ2v) is 5.33. The fourth-order valence-corrected chi connectivity index (χ4v) is 2.89. The number of benzene rings is 1. The van der Waals surface area contributed by atoms with Gasteiger partial charge in [0.2, 0.25) is 0 Å². The van der Waals surface area contributed by atoms with Crippen LogP contribution in [0.5, 0.6) is 0 Å². The summed E-state index contributed by atoms with van der Waals surface area (Å²) in [6.45, 7) is 1.50. The zero-order valence-electron chi connectivity index (χ0n) is 11.4. The van der Waals surface area contributed by atoms with Crippen LogP contribution in [0.3, 0.4) is 0 Å². The molecule has 2 nitrogen and oxygen atoms in total. The lowest BCUT2D eigenvalue weighted by molar-refractivity contribution is -0.126. The van der Waals surface area contributed by atoms with E-state index in [4.69, 9.17) is 4.74 Å². The quantitative estimate of drug-likeness (QED) is 0.908. The van der Waals surface area contributed by atoms with Gasteiger partial charge in [0.1, 0.15) is 6.10 Å². The van der Waals surface area contributed by atoms with E-state index in [0.717, 1.165) is 19.3 Å². The van der Waals surface area contributed by atoms with Gasteiger partial charge in [0.25, 0.3) is 0 Å². The minimum absolute atomic E-state index is 0.00755. The van der Waals surface area contributed by atoms with Crippen LogP contribution in [0.4, 0.5) is 8.78 Å². The summed E-state index contributed by atoms with van der Waals surface area (Å²) in [5, 5.41) is 10.5. The summed E-state index contributed by atoms with van der Waals surface area (Å²) in [7, 11) is 1.52. The number of aliphatic hydroxyl groups excluding tert-OH is 1. The SMILES string of the molecule is COC1(C(O)c2ccc(C)c(F)c2F)CCCCC1. The Labute approximate surface area is 112 Å². The van der Waals surface area contributed by atoms with E-state index in [0.29, 0.717) is 12.8 Å². The van der Waals surface area contributed by atoms with E-state index in [-0.39, 0.29) is 11.1 Å². The number of halogens is 2. The van der Waals surface area contributed by atoms with Gasteiger partial charge in [-0.05, 0) is 25.3 Å². The summed E-state index contributed by atoms with van der Waals surface area (Å²) < 4.78 is 33.1. The highest BCUT2D eigenvalue weighted by Gasteiger charge is 2.41. The number of aryl methyl sites for hydroxylation is 1. The Morgan fingerprint density at radius 2 is 1.79 bits per heavy atom. The average Bonchev–Trinajstić information content (AvgIpc) is 2.45. The summed E-state index contributed by atoms with van der Waals surface area (Å²) in [6.07, 6.45) is 3.15. The van der Waals surface area contributed by atoms with Gasteiger partial charge in [0.15, 0.2) is 11.6 Å². The van der Waals surface area contributed by atoms with Crippen molar-refractivity contribution in [3.63, 3.8) is 0 Å². The molecule has 0 amide bonds. The van der Waals surface area contributed by atoms with Gasteiger partial charge in [0.05, 0.1) is 5.60 Å². The molecule has 1 aliphatic rings. The molecule has 1 fully saturated rings. The third kappa shape index (κ3) is 2.51. The summed E-state index contributed by atoms with van der Waals surface area (Å²) >= 11 is 0. The van der Waals surface area contributed by atoms with Crippen LogP contribution < -0.4 is 0 Å². The lowest BCUT2D eigenvalue weighted by atomic mass is 9.78. The van der Waals surface area contributed by atoms with Crippen LogP contribution in [-0.4, -0.2) is 17.8 Å². The molecule has 0 aromatic heterocycles. The Hall–Kier alpha value is -1.00. The van der Waals surface area contributed by atoms with Crippen molar-refractivity contribution in [3.8, 4) is 0 Å². The van der Waals surface area contributed by atoms with Crippen LogP contribution in [0, 0.1) is 18.6 Å². The number of hydrogen-bond acceptors (Lipinski definition) is 2. The van der Waals surface area contributed by atoms with Crippen LogP contribution in [0.1, 0.15) is 49.3 Å². The molecule has 4 heteroatoms. The summed E-state index contributed by atoms with van der Waals surface area (Å²) in [5.74, 6) is -1.85. The molecule has 1 aromatic carbocycles. The van der Waals surface area contributed by atoms with Crippen molar-refractivity contribution in [1.82, 2.24) is 0 Å². The van der Waals surface area contributed by atoms with Gasteiger partial charge in [-0.25, -0.2) is 8.78 Å². The minimum atomic E-state index is -1.13. The Morgan fingerprint density at radius 3 is 2.37 bits per heavy atom. The molecule has 2 rings (SSSR count). The van der Waals surface area contributed by atoms with Gasteiger partial charge in [-0.1, -0.05) is 31.4 Å². The maximum Gasteiger partial charge on any atom is 0.164 e. The van der Waals surface area contributed by atoms with Crippen LogP contribution in [0.25, 0.3) is 0 Å². The normalized spacial score (nSPS) is 20.3. The third-order valence-electron chi connectivity index (χ3n) is 4.20. The molecule has 1 N–H and O–H groups in total. The van der Waals surface area contributed by atoms with Gasteiger partial charge in [0, 0.05) is 12.7 Å². The molecule has 0 saturated heterocycles. The van der Waals surface area contributed by atoms with E-state index in [1.54, 1.807) is 0 Å². The van der Waals surface area contributed by atoms with E-state index >= 15 is 0 Å². The second kappa shape index (κ2) is 5.55. The maximum atomic E-state index is 14.0. The standard InChI is InChI=1S/C15H20F2O2/c1-10-6-7-11(13(17)12(10)16)14(18)15(19-2)8-4-3-5-9-15/h6-7,14,18H,3-5,8-9H2,1-2H3. The zero-order chi connectivity index (χ0) is 14.0. The molecule has 1 aliphatic carbocycles. The summed E-state index contributed by atoms with van der Waals surface area (Å²) in [4.78, 5) is 0. The van der Waals surface area contributed by atoms with Gasteiger partial charge in [-0.15, -0.1) is 0 Å². The number of hydrogen-bond donors (Lipinski definition) is 1. The first kappa shape index (κ1) is 14.4. The van der Waals surface area contributed by atoms with E-state index in [2.05, 4.69) is 0 Å². The molecular formula is C15H20F2O2. The van der Waals surface area contributed by atoms with Crippen LogP contribution in [0.2, 0.25) is 0 Å². The van der Waals surface area contributed by atoms with Crippen molar-refractivity contribution >= 4 is 0 Å². The van der Waals surface area contributed by atoms with Crippen molar-refractivity contribution in [2.75, 3.05) is 7.11 Å². The fraction of sp³-hybridized carbons (Fsp3) is 0.600. The highest BCUT2D eigenvalue weighted by Crippen LogP contribution is 2.42. The third-order valence-corrected chi connectivity index (χ3v) is 4.20. The smallest absolute Gasteiger partial charge is 0.164 e. The molecule has 0 bridgehead atoms. The Balaban J connectivity index is 2.37. The topological polar surface area (TPSA) is 29.5 Å². The van der Waals surface area contributed by atoms with E-state index < -0.39 is 23.3 Å². The van der Waals surface area contributed by atoms with Crippen molar-refractivity contribution < 1.29 is 18.6 Å². The average molecular weight is 270 g/mol. The molecule has 0 heterocycles. The predicted octanol–water partition coefficient (Wildman–Crippen LogP) is 3.66. The lowest BCUT2D eigenvalue weighted by Crippen LogP contribution is -2.41. The predicted molar refractivity (Wildman–Crippen MR) is 68.9 cm³/mol. The van der Waals surface area contributed by atoms with E-state index in [9.17, 15) is 13.9 Å². The molecule has 19 heavy (non-hydrogen) atoms. The molecule has 0 aliphatic heterocycles. The highest BCUT2D eigenvalue weighted by atomic mass is 19.2. The van der Waals surface area contributed by atoms with Crippen molar-refractivity contribution in [2.45, 2.75) is 50.7 Å². The molecule has 1 aromatic rings. The Morgan fingerprint density at radius 1 is 1.16 bits per heavy atom. The minimum Gasteiger partial charge on any atom is -0.385 e. The van der Waals surface area contributed by atoms with E-state index in [1.165, 1.54) is 26.2 Å². The molecular weight excluding hydrogens is 250 g/mol. The molecule has 0 spiro atoms. The largest absolute Gasteiger partial charge is 0.385 e. The molecule has 106 valence electrons. The number of aliphatic hydroxyl groups is 1.